The second-order valence-corrected chi connectivity index (χ2v) is 23.0. The van der Waals surface area contributed by atoms with Crippen molar-refractivity contribution in [2.24, 2.45) is 0 Å². The maximum Gasteiger partial charge on any atom is 0.100 e. The first kappa shape index (κ1) is 48.6. The fourth-order valence-corrected chi connectivity index (χ4v) is 13.2. The van der Waals surface area contributed by atoms with Crippen molar-refractivity contribution >= 4 is 0 Å². The lowest BCUT2D eigenvalue weighted by Crippen LogP contribution is -2.34. The van der Waals surface area contributed by atoms with Gasteiger partial charge in [-0.1, -0.05) is 182 Å². The van der Waals surface area contributed by atoms with E-state index in [-0.39, 0.29) is 0 Å². The number of hydrogen-bond acceptors (Lipinski definition) is 0. The van der Waals surface area contributed by atoms with Gasteiger partial charge in [-0.15, -0.1) is 0 Å². The number of aromatic nitrogens is 6. The van der Waals surface area contributed by atoms with Gasteiger partial charge in [0, 0.05) is 84.6 Å². The molecule has 13 rings (SSSR count). The third kappa shape index (κ3) is 7.22. The maximum absolute atomic E-state index is 4.14. The summed E-state index contributed by atoms with van der Waals surface area (Å²) >= 11 is 0. The van der Waals surface area contributed by atoms with Crippen LogP contribution in [0.25, 0.3) is 0 Å². The Morgan fingerprint density at radius 3 is 0.436 bits per heavy atom. The van der Waals surface area contributed by atoms with Gasteiger partial charge in [-0.05, 0) is 148 Å². The highest BCUT2D eigenvalue weighted by Gasteiger charge is 2.47. The Hall–Kier alpha value is -9.00. The van der Waals surface area contributed by atoms with Crippen LogP contribution in [-0.4, -0.2) is 29.9 Å². The van der Waals surface area contributed by atoms with Gasteiger partial charge in [0.15, 0.2) is 0 Å². The van der Waals surface area contributed by atoms with E-state index in [0.717, 1.165) is 102 Å². The second-order valence-electron chi connectivity index (χ2n) is 23.0. The minimum atomic E-state index is -0.753. The lowest BCUT2D eigenvalue weighted by molar-refractivity contribution is 0.574. The molecule has 12 bridgehead atoms. The molecule has 6 N–H and O–H groups in total. The number of H-pyrrole nitrogens is 6. The van der Waals surface area contributed by atoms with Crippen LogP contribution in [0.2, 0.25) is 0 Å². The van der Waals surface area contributed by atoms with Crippen molar-refractivity contribution in [3.8, 4) is 0 Å². The SMILES string of the molecule is CC1(C)c2ccc([nH]2)C(c2ccccc2)(c2ccccc2)c2ccc([nH]2)C(C)(C)c2ccc([nH]2)C(c2ccccc2)(c2ccccc2)c2ccc([nH]2)C(C)(C)c2ccc([nH]2)C(c2ccccc2)(c2ccccc2)c2ccc1[nH]2. The zero-order valence-electron chi connectivity index (χ0n) is 45.2. The van der Waals surface area contributed by atoms with Crippen LogP contribution in [0.15, 0.2) is 255 Å². The van der Waals surface area contributed by atoms with Gasteiger partial charge >= 0.3 is 0 Å². The smallest absolute Gasteiger partial charge is 0.100 e. The molecule has 0 amide bonds. The Balaban J connectivity index is 1.11. The van der Waals surface area contributed by atoms with Crippen LogP contribution < -0.4 is 0 Å². The lowest BCUT2D eigenvalue weighted by atomic mass is 9.69. The van der Waals surface area contributed by atoms with Crippen molar-refractivity contribution < 1.29 is 0 Å². The molecule has 0 radical (unpaired) electrons. The highest BCUT2D eigenvalue weighted by Crippen LogP contribution is 2.51. The van der Waals surface area contributed by atoms with Crippen LogP contribution in [0.1, 0.15) is 143 Å². The lowest BCUT2D eigenvalue weighted by Gasteiger charge is -2.36. The predicted octanol–water partition coefficient (Wildman–Crippen LogP) is 16.1. The molecule has 0 aliphatic carbocycles. The molecule has 384 valence electrons. The fourth-order valence-electron chi connectivity index (χ4n) is 13.2. The van der Waals surface area contributed by atoms with Crippen molar-refractivity contribution in [2.75, 3.05) is 0 Å². The first-order chi connectivity index (χ1) is 37.9. The van der Waals surface area contributed by atoms with Crippen molar-refractivity contribution in [2.45, 2.75) is 74.0 Å². The summed E-state index contributed by atoms with van der Waals surface area (Å²) in [5.74, 6) is 0. The molecular formula is C72H66N6. The van der Waals surface area contributed by atoms with Crippen molar-refractivity contribution in [1.29, 1.82) is 0 Å². The number of benzene rings is 6. The third-order valence-corrected chi connectivity index (χ3v) is 17.8. The summed E-state index contributed by atoms with van der Waals surface area (Å²) in [4.78, 5) is 24.8. The van der Waals surface area contributed by atoms with E-state index in [1.54, 1.807) is 0 Å². The topological polar surface area (TPSA) is 94.7 Å². The van der Waals surface area contributed by atoms with E-state index >= 15 is 0 Å². The van der Waals surface area contributed by atoms with E-state index < -0.39 is 32.5 Å². The van der Waals surface area contributed by atoms with Crippen LogP contribution in [-0.2, 0) is 32.5 Å². The summed E-state index contributed by atoms with van der Waals surface area (Å²) in [5.41, 5.74) is 16.2. The molecule has 1 aliphatic heterocycles. The van der Waals surface area contributed by atoms with Crippen LogP contribution in [0.3, 0.4) is 0 Å². The van der Waals surface area contributed by atoms with E-state index in [1.165, 1.54) is 0 Å². The largest absolute Gasteiger partial charge is 0.360 e. The summed E-state index contributed by atoms with van der Waals surface area (Å²) in [5, 5.41) is 0. The molecular weight excluding hydrogens is 949 g/mol. The third-order valence-electron chi connectivity index (χ3n) is 17.8. The van der Waals surface area contributed by atoms with Gasteiger partial charge in [-0.25, -0.2) is 0 Å². The molecule has 6 aromatic carbocycles. The molecule has 0 fully saturated rings. The molecule has 6 heteroatoms. The molecule has 6 aromatic heterocycles. The number of aromatic amines is 6. The molecule has 6 nitrogen and oxygen atoms in total. The van der Waals surface area contributed by atoms with Gasteiger partial charge in [0.05, 0.1) is 0 Å². The standard InChI is InChI=1S/C72H66N6/c1-67(2)55-37-43-61(73-55)70(49-25-13-7-14-26-49,50-27-15-8-16-28-50)63-45-39-57(75-63)68(3,4)59-41-47-65(77-59)72(53-33-21-11-22-34-53,54-35-23-12-24-36-54)66-48-42-60(78-66)69(5,6)58-40-46-64(76-58)71(51-29-17-9-18-30-51,52-31-19-10-20-32-52)62-44-38-56(67)74-62/h7-48,73-78H,1-6H3. The number of hydrogen-bond donors (Lipinski definition) is 6. The van der Waals surface area contributed by atoms with E-state index in [2.05, 4.69) is 326 Å². The summed E-state index contributed by atoms with van der Waals surface area (Å²) in [6.45, 7) is 14.0. The van der Waals surface area contributed by atoms with Gasteiger partial charge in [-0.2, -0.15) is 0 Å². The molecule has 0 saturated carbocycles. The second kappa shape index (κ2) is 18.3. The highest BCUT2D eigenvalue weighted by molar-refractivity contribution is 5.62. The fraction of sp³-hybridized carbons (Fsp3) is 0.167. The van der Waals surface area contributed by atoms with Gasteiger partial charge in [-0.3, -0.25) is 0 Å². The zero-order valence-corrected chi connectivity index (χ0v) is 45.2. The molecule has 78 heavy (non-hydrogen) atoms. The normalized spacial score (nSPS) is 16.7. The Morgan fingerprint density at radius 2 is 0.295 bits per heavy atom. The number of rotatable bonds is 6. The number of fused-ring (bicyclic) bond motifs is 12. The Labute approximate surface area is 458 Å². The maximum atomic E-state index is 4.14. The molecule has 12 aromatic rings. The van der Waals surface area contributed by atoms with Crippen LogP contribution in [0.4, 0.5) is 0 Å². The van der Waals surface area contributed by atoms with Crippen molar-refractivity contribution in [3.63, 3.8) is 0 Å². The average Bonchev–Trinajstić information content (AvgIpc) is 4.49. The molecule has 1 aliphatic rings. The van der Waals surface area contributed by atoms with Crippen LogP contribution in [0, 0.1) is 0 Å². The summed E-state index contributed by atoms with van der Waals surface area (Å²) in [7, 11) is 0. The zero-order chi connectivity index (χ0) is 53.3. The van der Waals surface area contributed by atoms with Crippen LogP contribution >= 0.6 is 0 Å². The first-order valence-electron chi connectivity index (χ1n) is 27.4. The van der Waals surface area contributed by atoms with Gasteiger partial charge in [0.2, 0.25) is 0 Å². The Kier molecular flexibility index (Phi) is 11.4. The van der Waals surface area contributed by atoms with E-state index in [1.807, 2.05) is 0 Å². The molecule has 7 heterocycles. The van der Waals surface area contributed by atoms with Crippen molar-refractivity contribution in [3.05, 3.63) is 356 Å². The van der Waals surface area contributed by atoms with Crippen LogP contribution in [0.5, 0.6) is 0 Å². The highest BCUT2D eigenvalue weighted by atomic mass is 14.9. The minimum absolute atomic E-state index is 0.486. The summed E-state index contributed by atoms with van der Waals surface area (Å²) < 4.78 is 0. The molecule has 0 saturated heterocycles. The molecule has 0 atom stereocenters. The quantitative estimate of drug-likeness (QED) is 0.0958. The molecule has 0 unspecified atom stereocenters. The monoisotopic (exact) mass is 1010 g/mol. The van der Waals surface area contributed by atoms with E-state index in [4.69, 9.17) is 0 Å². The van der Waals surface area contributed by atoms with Gasteiger partial charge in [0.25, 0.3) is 0 Å². The Bertz CT molecular complexity index is 3320. The average molecular weight is 1020 g/mol. The summed E-state index contributed by atoms with van der Waals surface area (Å²) in [6, 6.07) is 93.5. The number of nitrogens with one attached hydrogen (secondary N) is 6. The van der Waals surface area contributed by atoms with Gasteiger partial charge in [0.1, 0.15) is 16.2 Å². The molecule has 0 spiro atoms. The predicted molar refractivity (Wildman–Crippen MR) is 317 cm³/mol. The van der Waals surface area contributed by atoms with E-state index in [9.17, 15) is 0 Å². The minimum Gasteiger partial charge on any atom is -0.360 e. The first-order valence-corrected chi connectivity index (χ1v) is 27.4. The summed E-state index contributed by atoms with van der Waals surface area (Å²) in [6.07, 6.45) is 0. The Morgan fingerprint density at radius 1 is 0.167 bits per heavy atom. The van der Waals surface area contributed by atoms with Gasteiger partial charge < -0.3 is 29.9 Å². The van der Waals surface area contributed by atoms with E-state index in [0.29, 0.717) is 0 Å². The van der Waals surface area contributed by atoms with Crippen molar-refractivity contribution in [1.82, 2.24) is 29.9 Å².